The lowest BCUT2D eigenvalue weighted by atomic mass is 9.66. The van der Waals surface area contributed by atoms with Gasteiger partial charge in [-0.25, -0.2) is 0 Å². The highest BCUT2D eigenvalue weighted by atomic mass is 15.2. The number of hydrogen-bond acceptors (Lipinski definition) is 4. The van der Waals surface area contributed by atoms with Crippen LogP contribution >= 0.6 is 0 Å². The molecular weight excluding hydrogens is 1610 g/mol. The van der Waals surface area contributed by atoms with E-state index >= 15 is 0 Å². The lowest BCUT2D eigenvalue weighted by Gasteiger charge is -2.37. The number of anilines is 12. The average molecular weight is 1700 g/mol. The lowest BCUT2D eigenvalue weighted by Crippen LogP contribution is -2.30. The number of rotatable bonds is 20. The number of hydrogen-bond donors (Lipinski definition) is 0. The van der Waals surface area contributed by atoms with Crippen LogP contribution in [0.25, 0.3) is 55.6 Å². The molecule has 0 amide bonds. The molecular formula is C129H92N4. The number of fused-ring (bicyclic) bond motifs is 12. The van der Waals surface area contributed by atoms with Crippen LogP contribution in [-0.2, 0) is 54.8 Å². The third-order valence-electron chi connectivity index (χ3n) is 29.9. The topological polar surface area (TPSA) is 13.0 Å². The first kappa shape index (κ1) is 77.7. The van der Waals surface area contributed by atoms with E-state index < -0.39 is 16.2 Å². The van der Waals surface area contributed by atoms with Gasteiger partial charge in [-0.1, -0.05) is 340 Å². The first-order chi connectivity index (χ1) is 65.9. The molecule has 20 aromatic carbocycles. The Kier molecular flexibility index (Phi) is 18.4. The summed E-state index contributed by atoms with van der Waals surface area (Å²) in [5.74, 6) is 0. The lowest BCUT2D eigenvalue weighted by molar-refractivity contribution is 0.751. The zero-order valence-corrected chi connectivity index (χ0v) is 73.7. The van der Waals surface area contributed by atoms with Crippen molar-refractivity contribution in [3.8, 4) is 55.6 Å². The van der Waals surface area contributed by atoms with Crippen molar-refractivity contribution in [1.29, 1.82) is 0 Å². The molecule has 628 valence electrons. The highest BCUT2D eigenvalue weighted by Gasteiger charge is 2.51. The number of para-hydroxylation sites is 4. The van der Waals surface area contributed by atoms with E-state index in [0.29, 0.717) is 0 Å². The molecule has 2 unspecified atom stereocenters. The Morgan fingerprint density at radius 3 is 0.556 bits per heavy atom. The highest BCUT2D eigenvalue weighted by molar-refractivity contribution is 5.96. The SMILES string of the molecule is c1ccc(N(c2ccc(-c3ccc(N(c4ccccc4)c4ccc5c(c4)C(c4ccccc4)(c4ccc6c(c4)CC6)c4cc(N(c6ccccc6)c6ccc(-c7ccc(N(c8ccccc8)c8ccc9c(c8)C(c8ccccc8)(c8ccc%10c(c8)CC%10)c8ccccc8-9)cc7)cc6)ccc4-5)cc3)cc2)c2ccc3c(c2)C(c2ccccc2)(c2ccc4c(c2)CC4)c2ccccc2-3)cc1. The van der Waals surface area contributed by atoms with Crippen LogP contribution in [0.15, 0.2) is 485 Å². The molecule has 133 heavy (non-hydrogen) atoms. The van der Waals surface area contributed by atoms with Gasteiger partial charge in [-0.3, -0.25) is 0 Å². The monoisotopic (exact) mass is 1700 g/mol. The Morgan fingerprint density at radius 2 is 0.323 bits per heavy atom. The van der Waals surface area contributed by atoms with Crippen LogP contribution in [0.2, 0.25) is 0 Å². The molecule has 4 nitrogen and oxygen atoms in total. The summed E-state index contributed by atoms with van der Waals surface area (Å²) in [7, 11) is 0. The van der Waals surface area contributed by atoms with Crippen molar-refractivity contribution < 1.29 is 0 Å². The van der Waals surface area contributed by atoms with Gasteiger partial charge in [0, 0.05) is 68.2 Å². The second kappa shape index (κ2) is 31.5. The van der Waals surface area contributed by atoms with Gasteiger partial charge in [0.2, 0.25) is 0 Å². The number of benzene rings is 20. The fourth-order valence-electron chi connectivity index (χ4n) is 23.4. The van der Waals surface area contributed by atoms with Crippen molar-refractivity contribution in [2.45, 2.75) is 54.8 Å². The van der Waals surface area contributed by atoms with Crippen LogP contribution in [0.3, 0.4) is 0 Å². The van der Waals surface area contributed by atoms with E-state index in [4.69, 9.17) is 0 Å². The zero-order valence-electron chi connectivity index (χ0n) is 73.7. The third kappa shape index (κ3) is 12.3. The normalized spacial score (nSPS) is 16.2. The smallest absolute Gasteiger partial charge is 0.0715 e. The largest absolute Gasteiger partial charge is 0.310 e. The van der Waals surface area contributed by atoms with Gasteiger partial charge in [0.15, 0.2) is 0 Å². The predicted octanol–water partition coefficient (Wildman–Crippen LogP) is 32.3. The van der Waals surface area contributed by atoms with Crippen molar-refractivity contribution in [2.24, 2.45) is 0 Å². The molecule has 0 saturated carbocycles. The van der Waals surface area contributed by atoms with Gasteiger partial charge in [-0.15, -0.1) is 0 Å². The van der Waals surface area contributed by atoms with Crippen molar-refractivity contribution >= 4 is 68.2 Å². The molecule has 0 spiro atoms. The summed E-state index contributed by atoms with van der Waals surface area (Å²) in [6.07, 6.45) is 6.68. The first-order valence-electron chi connectivity index (χ1n) is 47.0. The maximum atomic E-state index is 2.54. The average Bonchev–Trinajstić information content (AvgIpc) is 1.56. The molecule has 6 aliphatic carbocycles. The van der Waals surface area contributed by atoms with Gasteiger partial charge >= 0.3 is 0 Å². The van der Waals surface area contributed by atoms with E-state index in [9.17, 15) is 0 Å². The van der Waals surface area contributed by atoms with E-state index in [0.717, 1.165) is 129 Å². The fourth-order valence-corrected chi connectivity index (χ4v) is 23.4. The van der Waals surface area contributed by atoms with Crippen molar-refractivity contribution in [2.75, 3.05) is 19.6 Å². The van der Waals surface area contributed by atoms with Crippen LogP contribution in [0.1, 0.15) is 100 Å². The van der Waals surface area contributed by atoms with Gasteiger partial charge in [0.25, 0.3) is 0 Å². The van der Waals surface area contributed by atoms with Crippen molar-refractivity contribution in [1.82, 2.24) is 0 Å². The Hall–Kier alpha value is -16.4. The minimum absolute atomic E-state index is 0.517. The molecule has 20 aromatic rings. The van der Waals surface area contributed by atoms with E-state index in [1.54, 1.807) is 0 Å². The fraction of sp³-hybridized carbons (Fsp3) is 0.0698. The molecule has 0 aromatic heterocycles. The van der Waals surface area contributed by atoms with Crippen LogP contribution in [0.4, 0.5) is 68.2 Å². The molecule has 0 fully saturated rings. The maximum Gasteiger partial charge on any atom is 0.0715 e. The molecule has 0 heterocycles. The summed E-state index contributed by atoms with van der Waals surface area (Å²) in [6, 6.07) is 183. The number of aryl methyl sites for hydroxylation is 6. The van der Waals surface area contributed by atoms with Crippen LogP contribution in [-0.4, -0.2) is 0 Å². The van der Waals surface area contributed by atoms with Gasteiger partial charge in [-0.05, 0) is 340 Å². The summed E-state index contributed by atoms with van der Waals surface area (Å²) in [5.41, 5.74) is 47.6. The minimum Gasteiger partial charge on any atom is -0.310 e. The molecule has 0 N–H and O–H groups in total. The maximum absolute atomic E-state index is 2.54. The second-order valence-corrected chi connectivity index (χ2v) is 36.7. The van der Waals surface area contributed by atoms with Crippen LogP contribution in [0.5, 0.6) is 0 Å². The van der Waals surface area contributed by atoms with Gasteiger partial charge < -0.3 is 19.6 Å². The molecule has 2 atom stereocenters. The zero-order chi connectivity index (χ0) is 87.7. The van der Waals surface area contributed by atoms with Crippen molar-refractivity contribution in [3.63, 3.8) is 0 Å². The standard InChI is InChI=1S/C129H92N4/c1-8-26-97(27-9-1)127(100-61-50-91-44-47-94(91)80-100)121-42-24-22-40-115(121)117-76-72-111(83-123(117)127)130(103-32-14-4-15-33-103)107-64-53-87(54-65-107)89-57-68-109(69-58-89)132(105-36-18-6-19-37-105)113-74-78-119-120-79-75-114(86-126(120)129(125(119)85-113,99-30-12-3-13-31-99)102-63-52-93-46-49-96(93)82-102)133(106-38-20-7-21-39-106)110-70-59-90(60-71-110)88-55-66-108(67-56-88)131(104-34-16-5-17-35-104)112-73-77-118-116-41-23-25-43-122(116)128(124(118)84-112,98-28-10-2-11-29-98)101-62-51-92-45-48-95(92)81-101/h1-43,50-86H,44-49H2. The Morgan fingerprint density at radius 1 is 0.128 bits per heavy atom. The van der Waals surface area contributed by atoms with Crippen molar-refractivity contribution in [3.05, 3.63) is 585 Å². The van der Waals surface area contributed by atoms with E-state index in [2.05, 4.69) is 505 Å². The van der Waals surface area contributed by atoms with E-state index in [1.165, 1.54) is 134 Å². The Labute approximate surface area is 778 Å². The van der Waals surface area contributed by atoms with E-state index in [-0.39, 0.29) is 0 Å². The summed E-state index contributed by atoms with van der Waals surface area (Å²) >= 11 is 0. The van der Waals surface area contributed by atoms with Crippen LogP contribution in [0, 0.1) is 0 Å². The minimum atomic E-state index is -0.727. The molecule has 6 aliphatic rings. The van der Waals surface area contributed by atoms with Gasteiger partial charge in [-0.2, -0.15) is 0 Å². The first-order valence-corrected chi connectivity index (χ1v) is 47.0. The molecule has 26 rings (SSSR count). The summed E-state index contributed by atoms with van der Waals surface area (Å²) < 4.78 is 0. The quantitative estimate of drug-likeness (QED) is 0.0754. The Bertz CT molecular complexity index is 7480. The molecule has 0 radical (unpaired) electrons. The summed E-state index contributed by atoms with van der Waals surface area (Å²) in [5, 5.41) is 0. The number of nitrogens with zero attached hydrogens (tertiary/aromatic N) is 4. The summed E-state index contributed by atoms with van der Waals surface area (Å²) in [6.45, 7) is 0. The Balaban J connectivity index is 0.540. The molecule has 0 bridgehead atoms. The van der Waals surface area contributed by atoms with E-state index in [1.807, 2.05) is 0 Å². The molecule has 4 heteroatoms. The highest BCUT2D eigenvalue weighted by Crippen LogP contribution is 2.63. The second-order valence-electron chi connectivity index (χ2n) is 36.7. The van der Waals surface area contributed by atoms with Gasteiger partial charge in [0.1, 0.15) is 0 Å². The van der Waals surface area contributed by atoms with Gasteiger partial charge in [0.05, 0.1) is 16.2 Å². The van der Waals surface area contributed by atoms with Crippen LogP contribution < -0.4 is 19.6 Å². The predicted molar refractivity (Wildman–Crippen MR) is 550 cm³/mol. The summed E-state index contributed by atoms with van der Waals surface area (Å²) in [4.78, 5) is 9.76. The molecule has 0 saturated heterocycles. The third-order valence-corrected chi connectivity index (χ3v) is 29.9. The molecule has 0 aliphatic heterocycles.